The van der Waals surface area contributed by atoms with Gasteiger partial charge >= 0.3 is 0 Å². The molecule has 2 aromatic rings. The highest BCUT2D eigenvalue weighted by molar-refractivity contribution is 9.10. The molecule has 1 heterocycles. The van der Waals surface area contributed by atoms with Crippen LogP contribution >= 0.6 is 15.9 Å². The van der Waals surface area contributed by atoms with Crippen LogP contribution in [0.15, 0.2) is 53.0 Å². The molecule has 1 aliphatic heterocycles. The van der Waals surface area contributed by atoms with Gasteiger partial charge in [0.05, 0.1) is 11.4 Å². The van der Waals surface area contributed by atoms with E-state index >= 15 is 0 Å². The lowest BCUT2D eigenvalue weighted by Gasteiger charge is -2.40. The standard InChI is InChI=1S/C17H17BrN2O/c1-12-17(21)19(2)15-9-8-14(18)10-16(15)20(12)11-13-6-4-3-5-7-13/h3-10,12H,11H2,1-2H3. The number of hydrogen-bond acceptors (Lipinski definition) is 2. The number of halogens is 1. The van der Waals surface area contributed by atoms with Crippen molar-refractivity contribution >= 4 is 33.2 Å². The van der Waals surface area contributed by atoms with E-state index in [0.29, 0.717) is 0 Å². The van der Waals surface area contributed by atoms with Crippen LogP contribution in [0.25, 0.3) is 0 Å². The summed E-state index contributed by atoms with van der Waals surface area (Å²) in [5.41, 5.74) is 3.24. The van der Waals surface area contributed by atoms with E-state index in [0.717, 1.165) is 22.4 Å². The molecular formula is C17H17BrN2O. The fourth-order valence-corrected chi connectivity index (χ4v) is 3.10. The average Bonchev–Trinajstić information content (AvgIpc) is 2.50. The van der Waals surface area contributed by atoms with Crippen LogP contribution < -0.4 is 9.80 Å². The lowest BCUT2D eigenvalue weighted by atomic mass is 10.1. The largest absolute Gasteiger partial charge is 0.354 e. The second kappa shape index (κ2) is 5.53. The van der Waals surface area contributed by atoms with Crippen LogP contribution in [-0.4, -0.2) is 19.0 Å². The summed E-state index contributed by atoms with van der Waals surface area (Å²) in [6.07, 6.45) is 0. The van der Waals surface area contributed by atoms with Gasteiger partial charge in [-0.2, -0.15) is 0 Å². The van der Waals surface area contributed by atoms with E-state index in [9.17, 15) is 4.79 Å². The van der Waals surface area contributed by atoms with Crippen molar-refractivity contribution in [2.24, 2.45) is 0 Å². The van der Waals surface area contributed by atoms with Crippen LogP contribution in [0, 0.1) is 0 Å². The predicted molar refractivity (Wildman–Crippen MR) is 89.6 cm³/mol. The van der Waals surface area contributed by atoms with Crippen LogP contribution in [-0.2, 0) is 11.3 Å². The first-order valence-corrected chi connectivity index (χ1v) is 7.75. The fraction of sp³-hybridized carbons (Fsp3) is 0.235. The summed E-state index contributed by atoms with van der Waals surface area (Å²) in [5, 5.41) is 0. The lowest BCUT2D eigenvalue weighted by molar-refractivity contribution is -0.119. The molecule has 4 heteroatoms. The van der Waals surface area contributed by atoms with Crippen LogP contribution in [0.5, 0.6) is 0 Å². The topological polar surface area (TPSA) is 23.6 Å². The van der Waals surface area contributed by atoms with Crippen LogP contribution in [0.3, 0.4) is 0 Å². The third kappa shape index (κ3) is 2.56. The second-order valence-electron chi connectivity index (χ2n) is 5.32. The van der Waals surface area contributed by atoms with Crippen molar-refractivity contribution in [3.63, 3.8) is 0 Å². The van der Waals surface area contributed by atoms with Crippen molar-refractivity contribution < 1.29 is 4.79 Å². The molecule has 3 nitrogen and oxygen atoms in total. The molecule has 0 fully saturated rings. The molecule has 0 spiro atoms. The Morgan fingerprint density at radius 2 is 1.81 bits per heavy atom. The highest BCUT2D eigenvalue weighted by atomic mass is 79.9. The highest BCUT2D eigenvalue weighted by Crippen LogP contribution is 2.38. The van der Waals surface area contributed by atoms with Crippen LogP contribution in [0.1, 0.15) is 12.5 Å². The van der Waals surface area contributed by atoms with E-state index in [1.165, 1.54) is 5.56 Å². The van der Waals surface area contributed by atoms with Gasteiger partial charge in [0.15, 0.2) is 0 Å². The van der Waals surface area contributed by atoms with Crippen LogP contribution in [0.4, 0.5) is 11.4 Å². The Bertz CT molecular complexity index is 672. The van der Waals surface area contributed by atoms with Crippen molar-refractivity contribution in [2.75, 3.05) is 16.8 Å². The van der Waals surface area contributed by atoms with Gasteiger partial charge in [0.1, 0.15) is 6.04 Å². The molecule has 1 amide bonds. The second-order valence-corrected chi connectivity index (χ2v) is 6.24. The fourth-order valence-electron chi connectivity index (χ4n) is 2.75. The number of nitrogens with zero attached hydrogens (tertiary/aromatic N) is 2. The molecule has 0 bridgehead atoms. The average molecular weight is 345 g/mol. The molecule has 2 aromatic carbocycles. The number of fused-ring (bicyclic) bond motifs is 1. The van der Waals surface area contributed by atoms with Gasteiger partial charge in [0.25, 0.3) is 0 Å². The number of benzene rings is 2. The molecule has 0 saturated heterocycles. The zero-order valence-electron chi connectivity index (χ0n) is 12.1. The SMILES string of the molecule is CC1C(=O)N(C)c2ccc(Br)cc2N1Cc1ccccc1. The molecule has 3 rings (SSSR count). The summed E-state index contributed by atoms with van der Waals surface area (Å²) in [7, 11) is 1.84. The zero-order valence-corrected chi connectivity index (χ0v) is 13.7. The molecule has 1 aliphatic rings. The van der Waals surface area contributed by atoms with Crippen molar-refractivity contribution in [1.82, 2.24) is 0 Å². The third-order valence-electron chi connectivity index (χ3n) is 3.96. The number of carbonyl (C=O) groups is 1. The number of amides is 1. The predicted octanol–water partition coefficient (Wildman–Crippen LogP) is 3.82. The van der Waals surface area contributed by atoms with E-state index < -0.39 is 0 Å². The minimum absolute atomic E-state index is 0.126. The first-order chi connectivity index (χ1) is 10.1. The number of anilines is 2. The summed E-state index contributed by atoms with van der Waals surface area (Å²) in [6.45, 7) is 2.69. The van der Waals surface area contributed by atoms with Crippen molar-refractivity contribution in [1.29, 1.82) is 0 Å². The maximum Gasteiger partial charge on any atom is 0.249 e. The smallest absolute Gasteiger partial charge is 0.249 e. The monoisotopic (exact) mass is 344 g/mol. The van der Waals surface area contributed by atoms with E-state index in [1.54, 1.807) is 4.90 Å². The highest BCUT2D eigenvalue weighted by Gasteiger charge is 2.33. The number of rotatable bonds is 2. The van der Waals surface area contributed by atoms with Crippen molar-refractivity contribution in [3.05, 3.63) is 58.6 Å². The molecular weight excluding hydrogens is 328 g/mol. The maximum atomic E-state index is 12.4. The Balaban J connectivity index is 2.05. The minimum Gasteiger partial charge on any atom is -0.354 e. The Hall–Kier alpha value is -1.81. The third-order valence-corrected chi connectivity index (χ3v) is 4.45. The zero-order chi connectivity index (χ0) is 15.0. The first-order valence-electron chi connectivity index (χ1n) is 6.95. The van der Waals surface area contributed by atoms with Gasteiger partial charge in [0.2, 0.25) is 5.91 Å². The Labute approximate surface area is 133 Å². The van der Waals surface area contributed by atoms with Gasteiger partial charge in [-0.15, -0.1) is 0 Å². The van der Waals surface area contributed by atoms with E-state index in [2.05, 4.69) is 39.0 Å². The number of carbonyl (C=O) groups excluding carboxylic acids is 1. The molecule has 21 heavy (non-hydrogen) atoms. The molecule has 1 atom stereocenters. The molecule has 0 aliphatic carbocycles. The summed E-state index contributed by atoms with van der Waals surface area (Å²) >= 11 is 3.53. The quantitative estimate of drug-likeness (QED) is 0.826. The van der Waals surface area contributed by atoms with Crippen molar-refractivity contribution in [2.45, 2.75) is 19.5 Å². The normalized spacial score (nSPS) is 17.9. The number of likely N-dealkylation sites (N-methyl/N-ethyl adjacent to an activating group) is 1. The molecule has 0 aromatic heterocycles. The molecule has 0 N–H and O–H groups in total. The van der Waals surface area contributed by atoms with Gasteiger partial charge in [-0.3, -0.25) is 4.79 Å². The van der Waals surface area contributed by atoms with Gasteiger partial charge in [-0.05, 0) is 30.7 Å². The van der Waals surface area contributed by atoms with E-state index in [-0.39, 0.29) is 11.9 Å². The van der Waals surface area contributed by atoms with Gasteiger partial charge in [-0.1, -0.05) is 46.3 Å². The lowest BCUT2D eigenvalue weighted by Crippen LogP contribution is -2.50. The Morgan fingerprint density at radius 3 is 2.52 bits per heavy atom. The summed E-state index contributed by atoms with van der Waals surface area (Å²) in [4.78, 5) is 16.4. The summed E-state index contributed by atoms with van der Waals surface area (Å²) in [6, 6.07) is 16.1. The summed E-state index contributed by atoms with van der Waals surface area (Å²) in [5.74, 6) is 0.126. The maximum absolute atomic E-state index is 12.4. The van der Waals surface area contributed by atoms with Crippen LogP contribution in [0.2, 0.25) is 0 Å². The Morgan fingerprint density at radius 1 is 1.10 bits per heavy atom. The summed E-state index contributed by atoms with van der Waals surface area (Å²) < 4.78 is 1.02. The number of hydrogen-bond donors (Lipinski definition) is 0. The van der Waals surface area contributed by atoms with E-state index in [4.69, 9.17) is 0 Å². The molecule has 0 radical (unpaired) electrons. The van der Waals surface area contributed by atoms with E-state index in [1.807, 2.05) is 44.3 Å². The molecule has 1 unspecified atom stereocenters. The van der Waals surface area contributed by atoms with Gasteiger partial charge in [-0.25, -0.2) is 0 Å². The van der Waals surface area contributed by atoms with Gasteiger partial charge in [0, 0.05) is 18.1 Å². The first kappa shape index (κ1) is 14.1. The van der Waals surface area contributed by atoms with Crippen molar-refractivity contribution in [3.8, 4) is 0 Å². The Kier molecular flexibility index (Phi) is 3.72. The minimum atomic E-state index is -0.169. The molecule has 0 saturated carbocycles. The molecule has 108 valence electrons. The van der Waals surface area contributed by atoms with Gasteiger partial charge < -0.3 is 9.80 Å².